The lowest BCUT2D eigenvalue weighted by Gasteiger charge is -2.08. The quantitative estimate of drug-likeness (QED) is 0.752. The van der Waals surface area contributed by atoms with Gasteiger partial charge in [-0.15, -0.1) is 0 Å². The highest BCUT2D eigenvalue weighted by molar-refractivity contribution is 6.31. The zero-order valence-electron chi connectivity index (χ0n) is 7.93. The number of methoxy groups -OCH3 is 2. The minimum atomic E-state index is 0.399. The van der Waals surface area contributed by atoms with Gasteiger partial charge in [0.25, 0.3) is 0 Å². The van der Waals surface area contributed by atoms with Crippen LogP contribution in [-0.2, 0) is 6.42 Å². The first-order chi connectivity index (χ1) is 6.22. The van der Waals surface area contributed by atoms with E-state index >= 15 is 0 Å². The second-order valence-corrected chi connectivity index (χ2v) is 2.91. The summed E-state index contributed by atoms with van der Waals surface area (Å²) in [5, 5.41) is 0.514. The molecule has 0 N–H and O–H groups in total. The van der Waals surface area contributed by atoms with Gasteiger partial charge in [-0.1, -0.05) is 18.5 Å². The highest BCUT2D eigenvalue weighted by Gasteiger charge is 2.09. The van der Waals surface area contributed by atoms with Gasteiger partial charge >= 0.3 is 0 Å². The fraction of sp³-hybridized carbons (Fsp3) is 0.444. The monoisotopic (exact) mass is 201 g/mol. The summed E-state index contributed by atoms with van der Waals surface area (Å²) in [6, 6.07) is 1.81. The Morgan fingerprint density at radius 3 is 2.38 bits per heavy atom. The van der Waals surface area contributed by atoms with Crippen LogP contribution in [0.5, 0.6) is 11.8 Å². The lowest BCUT2D eigenvalue weighted by Crippen LogP contribution is -1.97. The van der Waals surface area contributed by atoms with Gasteiger partial charge in [0.15, 0.2) is 0 Å². The Morgan fingerprint density at radius 2 is 1.92 bits per heavy atom. The van der Waals surface area contributed by atoms with E-state index in [0.29, 0.717) is 16.8 Å². The molecule has 4 heteroatoms. The lowest BCUT2D eigenvalue weighted by molar-refractivity contribution is 0.361. The fourth-order valence-electron chi connectivity index (χ4n) is 1.07. The maximum absolute atomic E-state index is 5.89. The second-order valence-electron chi connectivity index (χ2n) is 2.50. The predicted octanol–water partition coefficient (Wildman–Crippen LogP) is 2.31. The van der Waals surface area contributed by atoms with Gasteiger partial charge in [-0.25, -0.2) is 0 Å². The van der Waals surface area contributed by atoms with Crippen LogP contribution < -0.4 is 9.47 Å². The maximum Gasteiger partial charge on any atom is 0.235 e. The van der Waals surface area contributed by atoms with Crippen LogP contribution >= 0.6 is 11.6 Å². The van der Waals surface area contributed by atoms with Crippen molar-refractivity contribution in [2.45, 2.75) is 13.3 Å². The highest BCUT2D eigenvalue weighted by atomic mass is 35.5. The van der Waals surface area contributed by atoms with Gasteiger partial charge in [-0.3, -0.25) is 0 Å². The van der Waals surface area contributed by atoms with E-state index in [9.17, 15) is 0 Å². The van der Waals surface area contributed by atoms with Crippen LogP contribution in [0.15, 0.2) is 6.07 Å². The van der Waals surface area contributed by atoms with Gasteiger partial charge in [0, 0.05) is 5.56 Å². The Hall–Kier alpha value is -0.960. The van der Waals surface area contributed by atoms with Crippen molar-refractivity contribution in [3.05, 3.63) is 16.7 Å². The minimum Gasteiger partial charge on any atom is -0.481 e. The number of pyridine rings is 1. The van der Waals surface area contributed by atoms with Crippen molar-refractivity contribution in [2.75, 3.05) is 14.2 Å². The van der Waals surface area contributed by atoms with Gasteiger partial charge < -0.3 is 9.47 Å². The number of halogens is 1. The van der Waals surface area contributed by atoms with Crippen LogP contribution in [-0.4, -0.2) is 19.2 Å². The van der Waals surface area contributed by atoms with Crippen molar-refractivity contribution < 1.29 is 9.47 Å². The molecule has 0 saturated carbocycles. The van der Waals surface area contributed by atoms with Gasteiger partial charge in [0.1, 0.15) is 5.02 Å². The first-order valence-corrected chi connectivity index (χ1v) is 4.38. The summed E-state index contributed by atoms with van der Waals surface area (Å²) < 4.78 is 10.0. The Balaban J connectivity index is 3.18. The van der Waals surface area contributed by atoms with Crippen molar-refractivity contribution in [2.24, 2.45) is 0 Å². The number of hydrogen-bond donors (Lipinski definition) is 0. The van der Waals surface area contributed by atoms with Crippen LogP contribution in [0.4, 0.5) is 0 Å². The summed E-state index contributed by atoms with van der Waals surface area (Å²) in [4.78, 5) is 4.10. The third-order valence-corrected chi connectivity index (χ3v) is 2.02. The number of nitrogens with zero attached hydrogens (tertiary/aromatic N) is 1. The van der Waals surface area contributed by atoms with Crippen molar-refractivity contribution >= 4 is 11.6 Å². The van der Waals surface area contributed by atoms with E-state index in [1.165, 1.54) is 7.11 Å². The van der Waals surface area contributed by atoms with Crippen molar-refractivity contribution in [1.82, 2.24) is 4.98 Å². The topological polar surface area (TPSA) is 31.4 Å². The van der Waals surface area contributed by atoms with Crippen molar-refractivity contribution in [3.63, 3.8) is 0 Å². The van der Waals surface area contributed by atoms with Crippen molar-refractivity contribution in [1.29, 1.82) is 0 Å². The molecular weight excluding hydrogens is 190 g/mol. The highest BCUT2D eigenvalue weighted by Crippen LogP contribution is 2.28. The number of aryl methyl sites for hydroxylation is 1. The van der Waals surface area contributed by atoms with E-state index in [1.807, 2.05) is 13.0 Å². The average molecular weight is 202 g/mol. The molecule has 0 bridgehead atoms. The normalized spacial score (nSPS) is 9.85. The summed E-state index contributed by atoms with van der Waals surface area (Å²) in [6.45, 7) is 2.02. The Labute approximate surface area is 82.6 Å². The number of ether oxygens (including phenoxy) is 2. The summed E-state index contributed by atoms with van der Waals surface area (Å²) in [7, 11) is 3.11. The molecule has 0 fully saturated rings. The Bertz CT molecular complexity index is 302. The van der Waals surface area contributed by atoms with Gasteiger partial charge in [0.05, 0.1) is 14.2 Å². The van der Waals surface area contributed by atoms with Crippen LogP contribution in [0.2, 0.25) is 5.02 Å². The SMILES string of the molecule is CCc1cc(Cl)c(OC)nc1OC. The third kappa shape index (κ3) is 2.04. The largest absolute Gasteiger partial charge is 0.481 e. The molecule has 0 atom stereocenters. The Kier molecular flexibility index (Phi) is 3.37. The first-order valence-electron chi connectivity index (χ1n) is 4.00. The molecule has 0 unspecified atom stereocenters. The number of aromatic nitrogens is 1. The van der Waals surface area contributed by atoms with Gasteiger partial charge in [0.2, 0.25) is 11.8 Å². The van der Waals surface area contributed by atoms with E-state index in [1.54, 1.807) is 7.11 Å². The summed E-state index contributed by atoms with van der Waals surface area (Å²) in [5.74, 6) is 0.972. The molecular formula is C9H12ClNO2. The van der Waals surface area contributed by atoms with Crippen LogP contribution in [0, 0.1) is 0 Å². The minimum absolute atomic E-state index is 0.399. The standard InChI is InChI=1S/C9H12ClNO2/c1-4-6-5-7(10)9(13-3)11-8(6)12-2/h5H,4H2,1-3H3. The van der Waals surface area contributed by atoms with Gasteiger partial charge in [-0.05, 0) is 12.5 Å². The zero-order valence-corrected chi connectivity index (χ0v) is 8.68. The summed E-state index contributed by atoms with van der Waals surface area (Å²) in [6.07, 6.45) is 0.833. The molecule has 0 spiro atoms. The van der Waals surface area contributed by atoms with E-state index in [4.69, 9.17) is 21.1 Å². The molecule has 0 radical (unpaired) electrons. The molecule has 0 aliphatic carbocycles. The third-order valence-electron chi connectivity index (χ3n) is 1.75. The van der Waals surface area contributed by atoms with Crippen LogP contribution in [0.1, 0.15) is 12.5 Å². The summed E-state index contributed by atoms with van der Waals surface area (Å²) in [5.41, 5.74) is 0.980. The maximum atomic E-state index is 5.89. The van der Waals surface area contributed by atoms with E-state index in [0.717, 1.165) is 12.0 Å². The smallest absolute Gasteiger partial charge is 0.235 e. The molecule has 1 aromatic heterocycles. The molecule has 1 heterocycles. The predicted molar refractivity (Wildman–Crippen MR) is 51.7 cm³/mol. The fourth-order valence-corrected chi connectivity index (χ4v) is 1.32. The van der Waals surface area contributed by atoms with E-state index in [2.05, 4.69) is 4.98 Å². The average Bonchev–Trinajstić information content (AvgIpc) is 2.17. The number of hydrogen-bond acceptors (Lipinski definition) is 3. The van der Waals surface area contributed by atoms with E-state index in [-0.39, 0.29) is 0 Å². The number of rotatable bonds is 3. The van der Waals surface area contributed by atoms with Gasteiger partial charge in [-0.2, -0.15) is 4.98 Å². The molecule has 1 aromatic rings. The molecule has 0 aromatic carbocycles. The van der Waals surface area contributed by atoms with E-state index < -0.39 is 0 Å². The molecule has 0 saturated heterocycles. The molecule has 13 heavy (non-hydrogen) atoms. The molecule has 0 aliphatic heterocycles. The molecule has 0 amide bonds. The van der Waals surface area contributed by atoms with Crippen LogP contribution in [0.3, 0.4) is 0 Å². The molecule has 1 rings (SSSR count). The molecule has 0 aliphatic rings. The zero-order chi connectivity index (χ0) is 9.84. The van der Waals surface area contributed by atoms with Crippen LogP contribution in [0.25, 0.3) is 0 Å². The molecule has 3 nitrogen and oxygen atoms in total. The Morgan fingerprint density at radius 1 is 1.31 bits per heavy atom. The molecule has 72 valence electrons. The first kappa shape index (κ1) is 10.1. The second kappa shape index (κ2) is 4.33. The summed E-state index contributed by atoms with van der Waals surface area (Å²) >= 11 is 5.89. The van der Waals surface area contributed by atoms with Crippen molar-refractivity contribution in [3.8, 4) is 11.8 Å². The lowest BCUT2D eigenvalue weighted by atomic mass is 10.2.